The highest BCUT2D eigenvalue weighted by Gasteiger charge is 2.18. The van der Waals surface area contributed by atoms with E-state index in [0.717, 1.165) is 5.69 Å². The van der Waals surface area contributed by atoms with Gasteiger partial charge in [0.25, 0.3) is 0 Å². The molecule has 188 valence electrons. The second kappa shape index (κ2) is 8.93. The van der Waals surface area contributed by atoms with E-state index in [1.165, 1.54) is 71.2 Å². The van der Waals surface area contributed by atoms with Crippen LogP contribution in [0.3, 0.4) is 0 Å². The maximum Gasteiger partial charge on any atom is 0.0571 e. The van der Waals surface area contributed by atoms with Crippen LogP contribution in [-0.4, -0.2) is 9.55 Å². The number of rotatable bonds is 3. The van der Waals surface area contributed by atoms with Gasteiger partial charge in [0.1, 0.15) is 0 Å². The number of hydrogen-bond acceptors (Lipinski definition) is 1. The number of nitrogens with zero attached hydrogens (tertiary/aromatic N) is 2. The van der Waals surface area contributed by atoms with Crippen LogP contribution in [0.5, 0.6) is 0 Å². The van der Waals surface area contributed by atoms with Gasteiger partial charge < -0.3 is 4.57 Å². The molecule has 0 aliphatic rings. The van der Waals surface area contributed by atoms with Crippen LogP contribution in [0, 0.1) is 6.92 Å². The SMILES string of the molecule is Cc1cc(-n2c3ccccc3c3cnccc32)ccc1-c1c2ccccc2c(-c2ccccc2)c2ccccc12. The third-order valence-electron chi connectivity index (χ3n) is 8.21. The van der Waals surface area contributed by atoms with Crippen molar-refractivity contribution in [3.63, 3.8) is 0 Å². The fourth-order valence-corrected chi connectivity index (χ4v) is 6.50. The number of aromatic nitrogens is 2. The van der Waals surface area contributed by atoms with Crippen molar-refractivity contribution in [1.29, 1.82) is 0 Å². The molecule has 0 saturated carbocycles. The molecule has 8 aromatic rings. The largest absolute Gasteiger partial charge is 0.309 e. The van der Waals surface area contributed by atoms with Crippen molar-refractivity contribution in [1.82, 2.24) is 9.55 Å². The summed E-state index contributed by atoms with van der Waals surface area (Å²) in [5.74, 6) is 0. The Morgan fingerprint density at radius 2 is 1.07 bits per heavy atom. The van der Waals surface area contributed by atoms with E-state index in [9.17, 15) is 0 Å². The molecule has 8 rings (SSSR count). The van der Waals surface area contributed by atoms with E-state index in [-0.39, 0.29) is 0 Å². The summed E-state index contributed by atoms with van der Waals surface area (Å²) >= 11 is 0. The number of fused-ring (bicyclic) bond motifs is 5. The average molecular weight is 511 g/mol. The second-order valence-electron chi connectivity index (χ2n) is 10.5. The lowest BCUT2D eigenvalue weighted by molar-refractivity contribution is 1.17. The van der Waals surface area contributed by atoms with Gasteiger partial charge in [-0.25, -0.2) is 0 Å². The summed E-state index contributed by atoms with van der Waals surface area (Å²) in [7, 11) is 0. The molecule has 0 unspecified atom stereocenters. The Kier molecular flexibility index (Phi) is 5.08. The number of aryl methyl sites for hydroxylation is 1. The molecule has 2 heterocycles. The molecular formula is C38H26N2. The zero-order valence-corrected chi connectivity index (χ0v) is 22.2. The first-order valence-corrected chi connectivity index (χ1v) is 13.7. The van der Waals surface area contributed by atoms with Crippen LogP contribution in [0.4, 0.5) is 0 Å². The monoisotopic (exact) mass is 510 g/mol. The maximum atomic E-state index is 4.41. The highest BCUT2D eigenvalue weighted by molar-refractivity contribution is 6.21. The van der Waals surface area contributed by atoms with Gasteiger partial charge >= 0.3 is 0 Å². The summed E-state index contributed by atoms with van der Waals surface area (Å²) in [4.78, 5) is 4.41. The van der Waals surface area contributed by atoms with Crippen molar-refractivity contribution in [2.24, 2.45) is 0 Å². The molecule has 0 atom stereocenters. The van der Waals surface area contributed by atoms with Crippen LogP contribution >= 0.6 is 0 Å². The molecule has 2 heteroatoms. The van der Waals surface area contributed by atoms with Crippen LogP contribution in [0.2, 0.25) is 0 Å². The van der Waals surface area contributed by atoms with Crippen molar-refractivity contribution in [2.75, 3.05) is 0 Å². The van der Waals surface area contributed by atoms with Crippen molar-refractivity contribution >= 4 is 43.4 Å². The smallest absolute Gasteiger partial charge is 0.0571 e. The summed E-state index contributed by atoms with van der Waals surface area (Å²) in [6.45, 7) is 2.24. The van der Waals surface area contributed by atoms with Crippen molar-refractivity contribution in [2.45, 2.75) is 6.92 Å². The van der Waals surface area contributed by atoms with Crippen LogP contribution in [0.1, 0.15) is 5.56 Å². The van der Waals surface area contributed by atoms with Gasteiger partial charge in [-0.15, -0.1) is 0 Å². The van der Waals surface area contributed by atoms with E-state index >= 15 is 0 Å². The second-order valence-corrected chi connectivity index (χ2v) is 10.5. The first kappa shape index (κ1) is 22.7. The van der Waals surface area contributed by atoms with Gasteiger partial charge in [-0.2, -0.15) is 0 Å². The quantitative estimate of drug-likeness (QED) is 0.216. The molecule has 0 amide bonds. The van der Waals surface area contributed by atoms with Crippen molar-refractivity contribution in [3.8, 4) is 27.9 Å². The van der Waals surface area contributed by atoms with Crippen LogP contribution in [0.25, 0.3) is 71.3 Å². The van der Waals surface area contributed by atoms with Crippen molar-refractivity contribution < 1.29 is 0 Å². The standard InChI is InChI=1S/C38H26N2/c1-25-23-27(40-35-18-10-9-13-29(35)34-24-39-22-21-36(34)40)19-20-28(25)38-32-16-7-5-14-30(32)37(26-11-3-2-4-12-26)31-15-6-8-17-33(31)38/h2-24H,1H3. The number of para-hydroxylation sites is 1. The first-order valence-electron chi connectivity index (χ1n) is 13.7. The molecule has 0 spiro atoms. The van der Waals surface area contributed by atoms with Gasteiger partial charge in [0, 0.05) is 28.9 Å². The molecule has 40 heavy (non-hydrogen) atoms. The van der Waals surface area contributed by atoms with Crippen LogP contribution in [-0.2, 0) is 0 Å². The summed E-state index contributed by atoms with van der Waals surface area (Å²) in [5.41, 5.74) is 9.87. The average Bonchev–Trinajstić information content (AvgIpc) is 3.35. The Morgan fingerprint density at radius 1 is 0.500 bits per heavy atom. The number of hydrogen-bond donors (Lipinski definition) is 0. The van der Waals surface area contributed by atoms with E-state index < -0.39 is 0 Å². The zero-order valence-electron chi connectivity index (χ0n) is 22.2. The maximum absolute atomic E-state index is 4.41. The predicted molar refractivity (Wildman–Crippen MR) is 169 cm³/mol. The molecule has 0 N–H and O–H groups in total. The molecule has 0 fully saturated rings. The molecule has 0 aliphatic heterocycles. The third-order valence-corrected chi connectivity index (χ3v) is 8.21. The Bertz CT molecular complexity index is 2110. The molecule has 0 saturated heterocycles. The molecule has 6 aromatic carbocycles. The van der Waals surface area contributed by atoms with E-state index in [0.29, 0.717) is 0 Å². The lowest BCUT2D eigenvalue weighted by Crippen LogP contribution is -1.97. The van der Waals surface area contributed by atoms with Gasteiger partial charge in [0.2, 0.25) is 0 Å². The number of benzene rings is 6. The van der Waals surface area contributed by atoms with Crippen LogP contribution < -0.4 is 0 Å². The lowest BCUT2D eigenvalue weighted by Gasteiger charge is -2.19. The van der Waals surface area contributed by atoms with Gasteiger partial charge in [0.05, 0.1) is 11.0 Å². The molecule has 2 nitrogen and oxygen atoms in total. The Hall–Kier alpha value is -5.21. The predicted octanol–water partition coefficient (Wildman–Crippen LogP) is 10.1. The lowest BCUT2D eigenvalue weighted by atomic mass is 9.85. The van der Waals surface area contributed by atoms with Gasteiger partial charge in [-0.3, -0.25) is 4.98 Å². The van der Waals surface area contributed by atoms with Gasteiger partial charge in [0.15, 0.2) is 0 Å². The summed E-state index contributed by atoms with van der Waals surface area (Å²) in [5, 5.41) is 7.51. The molecule has 0 aliphatic carbocycles. The van der Waals surface area contributed by atoms with E-state index in [1.807, 2.05) is 12.4 Å². The molecular weight excluding hydrogens is 484 g/mol. The highest BCUT2D eigenvalue weighted by atomic mass is 15.0. The third kappa shape index (κ3) is 3.33. The first-order chi connectivity index (χ1) is 19.8. The minimum absolute atomic E-state index is 1.16. The Morgan fingerprint density at radius 3 is 1.75 bits per heavy atom. The summed E-state index contributed by atoms with van der Waals surface area (Å²) < 4.78 is 2.36. The fourth-order valence-electron chi connectivity index (χ4n) is 6.50. The van der Waals surface area contributed by atoms with Gasteiger partial charge in [-0.05, 0) is 80.6 Å². The van der Waals surface area contributed by atoms with Gasteiger partial charge in [-0.1, -0.05) is 103 Å². The van der Waals surface area contributed by atoms with E-state index in [4.69, 9.17) is 0 Å². The Balaban J connectivity index is 1.41. The Labute approximate surface area is 232 Å². The zero-order chi connectivity index (χ0) is 26.6. The minimum atomic E-state index is 1.16. The fraction of sp³-hybridized carbons (Fsp3) is 0.0263. The van der Waals surface area contributed by atoms with Crippen LogP contribution in [0.15, 0.2) is 140 Å². The van der Waals surface area contributed by atoms with E-state index in [1.54, 1.807) is 0 Å². The molecule has 0 radical (unpaired) electrons. The topological polar surface area (TPSA) is 17.8 Å². The number of pyridine rings is 1. The normalized spacial score (nSPS) is 11.6. The summed E-state index contributed by atoms with van der Waals surface area (Å²) in [6.07, 6.45) is 3.85. The van der Waals surface area contributed by atoms with Crippen molar-refractivity contribution in [3.05, 3.63) is 145 Å². The van der Waals surface area contributed by atoms with E-state index in [2.05, 4.69) is 144 Å². The molecule has 2 aromatic heterocycles. The molecule has 0 bridgehead atoms. The summed E-state index contributed by atoms with van der Waals surface area (Å²) in [6, 6.07) is 46.1. The minimum Gasteiger partial charge on any atom is -0.309 e. The highest BCUT2D eigenvalue weighted by Crippen LogP contribution is 2.44.